The fourth-order valence-electron chi connectivity index (χ4n) is 2.93. The first-order valence-electron chi connectivity index (χ1n) is 8.30. The van der Waals surface area contributed by atoms with E-state index in [9.17, 15) is 4.79 Å². The van der Waals surface area contributed by atoms with E-state index in [0.717, 1.165) is 19.3 Å². The van der Waals surface area contributed by atoms with Crippen LogP contribution >= 0.6 is 0 Å². The summed E-state index contributed by atoms with van der Waals surface area (Å²) in [5.74, 6) is 0. The minimum atomic E-state index is -0.257. The first-order valence-corrected chi connectivity index (χ1v) is 8.30. The van der Waals surface area contributed by atoms with Crippen molar-refractivity contribution >= 4 is 6.09 Å². The highest BCUT2D eigenvalue weighted by Gasteiger charge is 2.33. The molecule has 1 N–H and O–H groups in total. The molecule has 1 amide bonds. The van der Waals surface area contributed by atoms with Crippen molar-refractivity contribution in [1.82, 2.24) is 5.32 Å². The lowest BCUT2D eigenvalue weighted by atomic mass is 9.97. The maximum absolute atomic E-state index is 11.5. The van der Waals surface area contributed by atoms with E-state index in [1.54, 1.807) is 0 Å². The Balaban J connectivity index is 1.73. The molecule has 0 aromatic heterocycles. The van der Waals surface area contributed by atoms with Crippen LogP contribution in [0.3, 0.4) is 0 Å². The zero-order chi connectivity index (χ0) is 14.9. The van der Waals surface area contributed by atoms with Gasteiger partial charge in [-0.15, -0.1) is 0 Å². The van der Waals surface area contributed by atoms with Crippen LogP contribution in [-0.4, -0.2) is 18.2 Å². The highest BCUT2D eigenvalue weighted by molar-refractivity contribution is 5.70. The molecule has 1 aliphatic heterocycles. The zero-order valence-corrected chi connectivity index (χ0v) is 13.0. The molecule has 0 saturated carbocycles. The van der Waals surface area contributed by atoms with Crippen molar-refractivity contribution in [3.8, 4) is 0 Å². The largest absolute Gasteiger partial charge is 0.444 e. The van der Waals surface area contributed by atoms with E-state index >= 15 is 0 Å². The number of hydrogen-bond donors (Lipinski definition) is 1. The molecular weight excluding hydrogens is 262 g/mol. The van der Waals surface area contributed by atoms with Gasteiger partial charge in [-0.05, 0) is 24.8 Å². The number of benzene rings is 1. The molecule has 1 fully saturated rings. The minimum absolute atomic E-state index is 0.0314. The zero-order valence-electron chi connectivity index (χ0n) is 13.0. The smallest absolute Gasteiger partial charge is 0.407 e. The third-order valence-corrected chi connectivity index (χ3v) is 4.15. The lowest BCUT2D eigenvalue weighted by molar-refractivity contribution is 0.124. The van der Waals surface area contributed by atoms with E-state index in [4.69, 9.17) is 4.74 Å². The summed E-state index contributed by atoms with van der Waals surface area (Å²) < 4.78 is 5.42. The molecule has 1 saturated heterocycles. The molecule has 0 unspecified atom stereocenters. The second kappa shape index (κ2) is 8.71. The standard InChI is InChI=1S/C18H27NO2/c1-2-3-4-5-6-10-13-17-16(19-18(20)21-17)14-15-11-8-7-9-12-15/h7-9,11-12,16-17H,2-6,10,13-14H2,1H3,(H,19,20)/t16-,17+/m0/s1. The van der Waals surface area contributed by atoms with Gasteiger partial charge in [0.05, 0.1) is 6.04 Å². The number of unbranched alkanes of at least 4 members (excludes halogenated alkanes) is 5. The van der Waals surface area contributed by atoms with Crippen molar-refractivity contribution in [1.29, 1.82) is 0 Å². The van der Waals surface area contributed by atoms with Crippen molar-refractivity contribution in [3.05, 3.63) is 35.9 Å². The second-order valence-corrected chi connectivity index (χ2v) is 5.94. The Kier molecular flexibility index (Phi) is 6.58. The summed E-state index contributed by atoms with van der Waals surface area (Å²) in [5, 5.41) is 2.95. The van der Waals surface area contributed by atoms with E-state index in [2.05, 4.69) is 24.4 Å². The molecule has 0 aliphatic carbocycles. The maximum Gasteiger partial charge on any atom is 0.407 e. The topological polar surface area (TPSA) is 38.3 Å². The fraction of sp³-hybridized carbons (Fsp3) is 0.611. The number of amides is 1. The van der Waals surface area contributed by atoms with Crippen molar-refractivity contribution in [2.45, 2.75) is 70.4 Å². The van der Waals surface area contributed by atoms with Crippen molar-refractivity contribution < 1.29 is 9.53 Å². The van der Waals surface area contributed by atoms with Crippen molar-refractivity contribution in [2.24, 2.45) is 0 Å². The van der Waals surface area contributed by atoms with E-state index in [1.165, 1.54) is 37.7 Å². The molecule has 2 atom stereocenters. The van der Waals surface area contributed by atoms with Gasteiger partial charge in [-0.25, -0.2) is 4.79 Å². The van der Waals surface area contributed by atoms with Crippen LogP contribution in [0.15, 0.2) is 30.3 Å². The van der Waals surface area contributed by atoms with Gasteiger partial charge in [-0.1, -0.05) is 69.4 Å². The third-order valence-electron chi connectivity index (χ3n) is 4.15. The number of hydrogen-bond acceptors (Lipinski definition) is 2. The number of ether oxygens (including phenoxy) is 1. The van der Waals surface area contributed by atoms with Crippen LogP contribution in [0.1, 0.15) is 57.4 Å². The first kappa shape index (κ1) is 15.9. The third kappa shape index (κ3) is 5.41. The van der Waals surface area contributed by atoms with Gasteiger partial charge in [0, 0.05) is 0 Å². The van der Waals surface area contributed by atoms with Crippen LogP contribution in [0.5, 0.6) is 0 Å². The monoisotopic (exact) mass is 289 g/mol. The van der Waals surface area contributed by atoms with Crippen molar-refractivity contribution in [3.63, 3.8) is 0 Å². The summed E-state index contributed by atoms with van der Waals surface area (Å²) >= 11 is 0. The van der Waals surface area contributed by atoms with Crippen LogP contribution in [-0.2, 0) is 11.2 Å². The second-order valence-electron chi connectivity index (χ2n) is 5.94. The van der Waals surface area contributed by atoms with Crippen LogP contribution in [0.2, 0.25) is 0 Å². The molecule has 0 spiro atoms. The average molecular weight is 289 g/mol. The summed E-state index contributed by atoms with van der Waals surface area (Å²) in [6.45, 7) is 2.23. The van der Waals surface area contributed by atoms with Crippen LogP contribution in [0.25, 0.3) is 0 Å². The van der Waals surface area contributed by atoms with Gasteiger partial charge < -0.3 is 10.1 Å². The van der Waals surface area contributed by atoms with E-state index in [1.807, 2.05) is 18.2 Å². The number of carbonyl (C=O) groups is 1. The Bertz CT molecular complexity index is 418. The van der Waals surface area contributed by atoms with Gasteiger partial charge in [0.25, 0.3) is 0 Å². The minimum Gasteiger partial charge on any atom is -0.444 e. The lowest BCUT2D eigenvalue weighted by Gasteiger charge is -2.16. The molecule has 0 radical (unpaired) electrons. The first-order chi connectivity index (χ1) is 10.3. The normalized spacial score (nSPS) is 21.1. The summed E-state index contributed by atoms with van der Waals surface area (Å²) in [7, 11) is 0. The van der Waals surface area contributed by atoms with Crippen molar-refractivity contribution in [2.75, 3.05) is 0 Å². The van der Waals surface area contributed by atoms with Gasteiger partial charge >= 0.3 is 6.09 Å². The van der Waals surface area contributed by atoms with Gasteiger partial charge in [-0.2, -0.15) is 0 Å². The Hall–Kier alpha value is -1.51. The Morgan fingerprint density at radius 2 is 1.76 bits per heavy atom. The van der Waals surface area contributed by atoms with Crippen LogP contribution in [0, 0.1) is 0 Å². The molecule has 3 heteroatoms. The SMILES string of the molecule is CCCCCCCC[C@H]1OC(=O)N[C@H]1Cc1ccccc1. The summed E-state index contributed by atoms with van der Waals surface area (Å²) in [4.78, 5) is 11.5. The van der Waals surface area contributed by atoms with Gasteiger partial charge in [0.15, 0.2) is 0 Å². The molecule has 3 nitrogen and oxygen atoms in total. The van der Waals surface area contributed by atoms with E-state index < -0.39 is 0 Å². The number of nitrogens with one attached hydrogen (secondary N) is 1. The Labute approximate surface area is 128 Å². The predicted octanol–water partition coefficient (Wildman–Crippen LogP) is 4.46. The molecule has 1 aliphatic rings. The Morgan fingerprint density at radius 3 is 2.52 bits per heavy atom. The van der Waals surface area contributed by atoms with E-state index in [0.29, 0.717) is 0 Å². The predicted molar refractivity (Wildman–Crippen MR) is 85.3 cm³/mol. The lowest BCUT2D eigenvalue weighted by Crippen LogP contribution is -2.33. The number of carbonyl (C=O) groups excluding carboxylic acids is 1. The fourth-order valence-corrected chi connectivity index (χ4v) is 2.93. The number of cyclic esters (lactones) is 1. The molecule has 2 rings (SSSR count). The molecule has 116 valence electrons. The number of rotatable bonds is 9. The van der Waals surface area contributed by atoms with Gasteiger partial charge in [-0.3, -0.25) is 0 Å². The Morgan fingerprint density at radius 1 is 1.05 bits per heavy atom. The van der Waals surface area contributed by atoms with Gasteiger partial charge in [0.1, 0.15) is 6.10 Å². The van der Waals surface area contributed by atoms with Gasteiger partial charge in [0.2, 0.25) is 0 Å². The van der Waals surface area contributed by atoms with Crippen LogP contribution in [0.4, 0.5) is 4.79 Å². The summed E-state index contributed by atoms with van der Waals surface area (Å²) in [6, 6.07) is 10.4. The van der Waals surface area contributed by atoms with Crippen LogP contribution < -0.4 is 5.32 Å². The maximum atomic E-state index is 11.5. The average Bonchev–Trinajstić information content (AvgIpc) is 2.83. The quantitative estimate of drug-likeness (QED) is 0.682. The molecule has 0 bridgehead atoms. The molecule has 1 aromatic rings. The summed E-state index contributed by atoms with van der Waals surface area (Å²) in [5.41, 5.74) is 1.25. The highest BCUT2D eigenvalue weighted by atomic mass is 16.6. The number of alkyl carbamates (subject to hydrolysis) is 1. The molecular formula is C18H27NO2. The summed E-state index contributed by atoms with van der Waals surface area (Å²) in [6.07, 6.45) is 9.23. The molecule has 21 heavy (non-hydrogen) atoms. The molecule has 1 heterocycles. The molecule has 1 aromatic carbocycles. The highest BCUT2D eigenvalue weighted by Crippen LogP contribution is 2.20. The van der Waals surface area contributed by atoms with E-state index in [-0.39, 0.29) is 18.2 Å².